The number of carbonyl (C=O) groups is 1. The number of hydrogen-bond donors (Lipinski definition) is 3. The first-order valence-corrected chi connectivity index (χ1v) is 11.0. The Bertz CT molecular complexity index is 1190. The van der Waals surface area contributed by atoms with Crippen molar-refractivity contribution in [2.24, 2.45) is 12.2 Å². The number of hydrogen-bond acceptors (Lipinski definition) is 6. The maximum absolute atomic E-state index is 12.4. The summed E-state index contributed by atoms with van der Waals surface area (Å²) in [5.41, 5.74) is 3.90. The third-order valence-electron chi connectivity index (χ3n) is 5.99. The van der Waals surface area contributed by atoms with Crippen molar-refractivity contribution in [2.45, 2.75) is 31.3 Å². The van der Waals surface area contributed by atoms with Crippen LogP contribution in [-0.2, 0) is 7.05 Å². The lowest BCUT2D eigenvalue weighted by molar-refractivity contribution is 0.0879. The summed E-state index contributed by atoms with van der Waals surface area (Å²) >= 11 is 0. The fourth-order valence-corrected chi connectivity index (χ4v) is 3.98. The van der Waals surface area contributed by atoms with Gasteiger partial charge in [0.15, 0.2) is 0 Å². The zero-order chi connectivity index (χ0) is 24.7. The summed E-state index contributed by atoms with van der Waals surface area (Å²) in [6.45, 7) is 1.28. The van der Waals surface area contributed by atoms with Crippen molar-refractivity contribution in [2.75, 3.05) is 13.2 Å². The highest BCUT2D eigenvalue weighted by Crippen LogP contribution is 2.37. The van der Waals surface area contributed by atoms with Gasteiger partial charge in [-0.05, 0) is 53.8 Å². The number of amides is 1. The van der Waals surface area contributed by atoms with Crippen molar-refractivity contribution in [3.05, 3.63) is 110 Å². The third kappa shape index (κ3) is 5.84. The van der Waals surface area contributed by atoms with E-state index >= 15 is 0 Å². The third-order valence-corrected chi connectivity index (χ3v) is 5.99. The second-order valence-corrected chi connectivity index (χ2v) is 8.34. The molecule has 0 spiro atoms. The number of carbonyl (C=O) groups excluding carboxylic acids is 1. The molecule has 34 heavy (non-hydrogen) atoms. The van der Waals surface area contributed by atoms with Crippen LogP contribution in [0.1, 0.15) is 51.0 Å². The van der Waals surface area contributed by atoms with Gasteiger partial charge in [0.2, 0.25) is 5.56 Å². The molecule has 8 nitrogen and oxygen atoms in total. The minimum absolute atomic E-state index is 0.164. The minimum atomic E-state index is -0.729. The zero-order valence-electron chi connectivity index (χ0n) is 19.2. The molecular formula is C26H29N3O5. The highest BCUT2D eigenvalue weighted by molar-refractivity contribution is 5.94. The molecule has 0 bridgehead atoms. The normalized spacial score (nSPS) is 12.9. The smallest absolute Gasteiger partial charge is 0.251 e. The summed E-state index contributed by atoms with van der Waals surface area (Å²) in [5, 5.41) is 24.3. The molecule has 2 aromatic carbocycles. The Morgan fingerprint density at radius 1 is 1.00 bits per heavy atom. The average molecular weight is 464 g/mol. The van der Waals surface area contributed by atoms with Crippen LogP contribution < -0.4 is 10.9 Å². The Morgan fingerprint density at radius 2 is 1.65 bits per heavy atom. The number of aryl methyl sites for hydroxylation is 2. The predicted molar refractivity (Wildman–Crippen MR) is 130 cm³/mol. The number of nitrogens with one attached hydrogen (secondary N) is 1. The van der Waals surface area contributed by atoms with Gasteiger partial charge in [-0.3, -0.25) is 9.59 Å². The lowest BCUT2D eigenvalue weighted by Crippen LogP contribution is -2.40. The van der Waals surface area contributed by atoms with Crippen molar-refractivity contribution in [1.82, 2.24) is 9.88 Å². The topological polar surface area (TPSA) is 121 Å². The highest BCUT2D eigenvalue weighted by atomic mass is 16.3. The van der Waals surface area contributed by atoms with Crippen molar-refractivity contribution in [3.8, 4) is 0 Å². The van der Waals surface area contributed by atoms with Crippen molar-refractivity contribution in [1.29, 1.82) is 0 Å². The van der Waals surface area contributed by atoms with Gasteiger partial charge in [-0.1, -0.05) is 41.6 Å². The van der Waals surface area contributed by atoms with Gasteiger partial charge in [0.25, 0.3) is 5.91 Å². The standard InChI is InChI=1S/C26H29N3O5/c1-17-5-3-4-6-22(17)23(13-24(28-34)20-11-12-25(32)29(2)14-20)18-7-9-19(10-8-18)26(33)27-21(15-30)16-31/h3-12,14,21,23-24,30-31H,13,15-16H2,1-2H3,(H,27,33). The maximum Gasteiger partial charge on any atom is 0.251 e. The number of benzene rings is 2. The molecule has 1 aromatic heterocycles. The van der Waals surface area contributed by atoms with Crippen molar-refractivity contribution >= 4 is 5.91 Å². The molecule has 3 N–H and O–H groups in total. The second kappa shape index (κ2) is 11.5. The van der Waals surface area contributed by atoms with Gasteiger partial charge in [-0.25, -0.2) is 0 Å². The lowest BCUT2D eigenvalue weighted by Gasteiger charge is -2.23. The van der Waals surface area contributed by atoms with Crippen molar-refractivity contribution < 1.29 is 15.0 Å². The molecule has 178 valence electrons. The van der Waals surface area contributed by atoms with Gasteiger partial charge >= 0.3 is 0 Å². The SMILES string of the molecule is Cc1ccccc1C(CC(N=O)c1ccc(=O)n(C)c1)c1ccc(C(=O)NC(CO)CO)cc1. The van der Waals surface area contributed by atoms with E-state index in [1.807, 2.05) is 43.3 Å². The van der Waals surface area contributed by atoms with Crippen molar-refractivity contribution in [3.63, 3.8) is 0 Å². The van der Waals surface area contributed by atoms with Crippen LogP contribution in [0, 0.1) is 11.8 Å². The van der Waals surface area contributed by atoms with Gasteiger partial charge in [0.1, 0.15) is 6.04 Å². The lowest BCUT2D eigenvalue weighted by atomic mass is 9.82. The molecule has 0 radical (unpaired) electrons. The van der Waals surface area contributed by atoms with Crippen LogP contribution in [0.5, 0.6) is 0 Å². The van der Waals surface area contributed by atoms with Crippen LogP contribution >= 0.6 is 0 Å². The maximum atomic E-state index is 12.4. The van der Waals surface area contributed by atoms with Crippen LogP contribution in [0.3, 0.4) is 0 Å². The average Bonchev–Trinajstić information content (AvgIpc) is 2.86. The molecule has 1 amide bonds. The van der Waals surface area contributed by atoms with E-state index in [1.165, 1.54) is 10.6 Å². The van der Waals surface area contributed by atoms with E-state index in [0.29, 0.717) is 17.5 Å². The van der Waals surface area contributed by atoms with E-state index in [4.69, 9.17) is 0 Å². The quantitative estimate of drug-likeness (QED) is 0.399. The summed E-state index contributed by atoms with van der Waals surface area (Å²) in [5.74, 6) is -0.578. The molecule has 3 rings (SSSR count). The highest BCUT2D eigenvalue weighted by Gasteiger charge is 2.24. The molecule has 0 aliphatic heterocycles. The van der Waals surface area contributed by atoms with E-state index in [0.717, 1.165) is 16.7 Å². The molecule has 0 fully saturated rings. The molecule has 2 unspecified atom stereocenters. The number of aromatic nitrogens is 1. The second-order valence-electron chi connectivity index (χ2n) is 8.34. The van der Waals surface area contributed by atoms with E-state index in [1.54, 1.807) is 31.4 Å². The van der Waals surface area contributed by atoms with Gasteiger partial charge in [-0.2, -0.15) is 4.91 Å². The number of nitroso groups, excluding NO2 is 1. The predicted octanol–water partition coefficient (Wildman–Crippen LogP) is 2.81. The molecule has 0 aliphatic carbocycles. The summed E-state index contributed by atoms with van der Waals surface area (Å²) in [6, 6.07) is 16.6. The van der Waals surface area contributed by atoms with E-state index in [9.17, 15) is 24.7 Å². The van der Waals surface area contributed by atoms with E-state index < -0.39 is 18.0 Å². The largest absolute Gasteiger partial charge is 0.394 e. The van der Waals surface area contributed by atoms with Gasteiger partial charge in [0.05, 0.1) is 19.3 Å². The summed E-state index contributed by atoms with van der Waals surface area (Å²) in [4.78, 5) is 36.1. The number of nitrogens with zero attached hydrogens (tertiary/aromatic N) is 2. The first-order chi connectivity index (χ1) is 16.4. The zero-order valence-corrected chi connectivity index (χ0v) is 19.2. The molecule has 0 saturated carbocycles. The van der Waals surface area contributed by atoms with Crippen LogP contribution in [0.2, 0.25) is 0 Å². The summed E-state index contributed by atoms with van der Waals surface area (Å²) in [7, 11) is 1.63. The number of pyridine rings is 1. The van der Waals surface area contributed by atoms with Gasteiger partial charge in [-0.15, -0.1) is 0 Å². The Labute approximate surface area is 197 Å². The Morgan fingerprint density at radius 3 is 2.24 bits per heavy atom. The summed E-state index contributed by atoms with van der Waals surface area (Å²) in [6.07, 6.45) is 2.02. The number of aliphatic hydroxyl groups excluding tert-OH is 2. The van der Waals surface area contributed by atoms with E-state index in [-0.39, 0.29) is 24.7 Å². The number of rotatable bonds is 10. The molecule has 0 aliphatic rings. The molecule has 3 aromatic rings. The van der Waals surface area contributed by atoms with Crippen LogP contribution in [0.25, 0.3) is 0 Å². The molecule has 8 heteroatoms. The minimum Gasteiger partial charge on any atom is -0.394 e. The number of aliphatic hydroxyl groups is 2. The first-order valence-electron chi connectivity index (χ1n) is 11.0. The van der Waals surface area contributed by atoms with Gasteiger partial charge < -0.3 is 20.1 Å². The molecule has 2 atom stereocenters. The Hall–Kier alpha value is -3.62. The fraction of sp³-hybridized carbons (Fsp3) is 0.308. The van der Waals surface area contributed by atoms with Gasteiger partial charge in [0, 0.05) is 30.8 Å². The fourth-order valence-electron chi connectivity index (χ4n) is 3.98. The van der Waals surface area contributed by atoms with Crippen LogP contribution in [-0.4, -0.2) is 39.9 Å². The monoisotopic (exact) mass is 463 g/mol. The Balaban J connectivity index is 1.94. The summed E-state index contributed by atoms with van der Waals surface area (Å²) < 4.78 is 1.43. The van der Waals surface area contributed by atoms with Crippen LogP contribution in [0.15, 0.2) is 76.8 Å². The van der Waals surface area contributed by atoms with Crippen LogP contribution in [0.4, 0.5) is 0 Å². The first kappa shape index (κ1) is 25.0. The van der Waals surface area contributed by atoms with E-state index in [2.05, 4.69) is 10.5 Å². The molecular weight excluding hydrogens is 434 g/mol. The molecule has 1 heterocycles. The molecule has 0 saturated heterocycles. The Kier molecular flexibility index (Phi) is 8.45.